The largest absolute Gasteiger partial charge is 0.269 e. The van der Waals surface area contributed by atoms with Crippen molar-refractivity contribution in [1.82, 2.24) is 0 Å². The smallest absolute Gasteiger partial charge is 0.192 e. The Hall–Kier alpha value is -3.02. The number of hydrogen-bond acceptors (Lipinski definition) is 1. The van der Waals surface area contributed by atoms with Crippen LogP contribution in [0.25, 0.3) is 33.4 Å². The summed E-state index contributed by atoms with van der Waals surface area (Å²) in [6.07, 6.45) is 0. The van der Waals surface area contributed by atoms with Crippen LogP contribution >= 0.6 is 8.46 Å². The van der Waals surface area contributed by atoms with Gasteiger partial charge in [-0.3, -0.25) is 4.57 Å². The molecule has 0 spiro atoms. The van der Waals surface area contributed by atoms with Crippen LogP contribution in [0.4, 0.5) is 0 Å². The first kappa shape index (κ1) is 25.1. The van der Waals surface area contributed by atoms with E-state index in [1.165, 1.54) is 77.9 Å². The lowest BCUT2D eigenvalue weighted by Gasteiger charge is -2.25. The average Bonchev–Trinajstić information content (AvgIpc) is 2.73. The molecule has 0 aliphatic heterocycles. The Morgan fingerprint density at radius 1 is 0.429 bits per heavy atom. The van der Waals surface area contributed by atoms with E-state index in [4.69, 9.17) is 0 Å². The molecule has 0 saturated heterocycles. The van der Waals surface area contributed by atoms with Crippen molar-refractivity contribution >= 4 is 13.8 Å². The molecule has 178 valence electrons. The highest BCUT2D eigenvalue weighted by molar-refractivity contribution is 7.34. The van der Waals surface area contributed by atoms with Crippen LogP contribution in [0.1, 0.15) is 50.1 Å². The van der Waals surface area contributed by atoms with E-state index < -0.39 is 0 Å². The second kappa shape index (κ2) is 9.56. The van der Waals surface area contributed by atoms with Crippen molar-refractivity contribution in [3.8, 4) is 33.4 Å². The quantitative estimate of drug-likeness (QED) is 0.267. The van der Waals surface area contributed by atoms with Crippen LogP contribution in [0.15, 0.2) is 48.5 Å². The lowest BCUT2D eigenvalue weighted by atomic mass is 9.80. The molecule has 2 heteroatoms. The summed E-state index contributed by atoms with van der Waals surface area (Å²) in [5.74, 6) is 0. The summed E-state index contributed by atoms with van der Waals surface area (Å²) in [4.78, 5) is 0. The minimum absolute atomic E-state index is 0.0369. The van der Waals surface area contributed by atoms with E-state index in [2.05, 4.69) is 111 Å². The first-order valence-electron chi connectivity index (χ1n) is 12.3. The topological polar surface area (TPSA) is 17.1 Å². The normalized spacial score (nSPS) is 11.3. The van der Waals surface area contributed by atoms with Gasteiger partial charge in [-0.1, -0.05) is 59.2 Å². The molecule has 0 N–H and O–H groups in total. The number of benzene rings is 4. The van der Waals surface area contributed by atoms with Crippen LogP contribution in [0.5, 0.6) is 0 Å². The lowest BCUT2D eigenvalue weighted by molar-refractivity contribution is 0.603. The third-order valence-corrected chi connectivity index (χ3v) is 7.65. The molecule has 0 atom stereocenters. The molecule has 4 aromatic carbocycles. The molecular formula is C33H35OP. The van der Waals surface area contributed by atoms with Gasteiger partial charge >= 0.3 is 0 Å². The van der Waals surface area contributed by atoms with Gasteiger partial charge in [0, 0.05) is 5.56 Å². The third-order valence-electron chi connectivity index (χ3n) is 7.08. The monoisotopic (exact) mass is 478 g/mol. The van der Waals surface area contributed by atoms with Crippen molar-refractivity contribution in [2.75, 3.05) is 0 Å². The van der Waals surface area contributed by atoms with Crippen LogP contribution in [0.2, 0.25) is 0 Å². The highest BCUT2D eigenvalue weighted by Gasteiger charge is 2.24. The average molecular weight is 479 g/mol. The minimum Gasteiger partial charge on any atom is -0.269 e. The maximum atomic E-state index is 12.6. The molecule has 0 aliphatic rings. The van der Waals surface area contributed by atoms with E-state index in [1.807, 2.05) is 0 Å². The molecular weight excluding hydrogens is 443 g/mol. The Labute approximate surface area is 212 Å². The van der Waals surface area contributed by atoms with Crippen LogP contribution in [-0.2, 0) is 4.57 Å². The van der Waals surface area contributed by atoms with Gasteiger partial charge in [0.2, 0.25) is 0 Å². The highest BCUT2D eigenvalue weighted by Crippen LogP contribution is 2.46. The molecule has 4 aromatic rings. The zero-order valence-corrected chi connectivity index (χ0v) is 23.4. The van der Waals surface area contributed by atoms with Gasteiger partial charge in [-0.2, -0.15) is 0 Å². The molecule has 0 radical (unpaired) electrons. The van der Waals surface area contributed by atoms with Crippen molar-refractivity contribution in [2.24, 2.45) is 0 Å². The van der Waals surface area contributed by atoms with Gasteiger partial charge in [-0.25, -0.2) is 0 Å². The summed E-state index contributed by atoms with van der Waals surface area (Å²) in [7, 11) is 0.0369. The van der Waals surface area contributed by atoms with Gasteiger partial charge in [0.05, 0.1) is 5.30 Å². The molecule has 4 rings (SSSR count). The van der Waals surface area contributed by atoms with E-state index in [0.29, 0.717) is 0 Å². The summed E-state index contributed by atoms with van der Waals surface area (Å²) in [5.41, 5.74) is 18.4. The summed E-state index contributed by atoms with van der Waals surface area (Å²) < 4.78 is 12.6. The van der Waals surface area contributed by atoms with E-state index in [1.54, 1.807) is 0 Å². The van der Waals surface area contributed by atoms with Crippen LogP contribution in [0, 0.1) is 62.3 Å². The number of hydrogen-bond donors (Lipinski definition) is 0. The van der Waals surface area contributed by atoms with Crippen molar-refractivity contribution in [3.05, 3.63) is 98.6 Å². The number of aryl methyl sites for hydroxylation is 9. The Balaban J connectivity index is 2.29. The fourth-order valence-corrected chi connectivity index (χ4v) is 6.59. The molecule has 35 heavy (non-hydrogen) atoms. The van der Waals surface area contributed by atoms with Gasteiger partial charge in [-0.15, -0.1) is 0 Å². The standard InChI is InChI=1S/C33H35OP/c1-18-12-21(4)29(22(5)13-18)27-10-11-28(35-34)33(31-25(8)16-20(3)17-26(31)9)32(27)30-23(6)14-19(2)15-24(30)7/h10-17H,1-9H3. The van der Waals surface area contributed by atoms with Crippen molar-refractivity contribution < 1.29 is 4.57 Å². The van der Waals surface area contributed by atoms with E-state index >= 15 is 0 Å². The van der Waals surface area contributed by atoms with Gasteiger partial charge < -0.3 is 0 Å². The fraction of sp³-hybridized carbons (Fsp3) is 0.273. The summed E-state index contributed by atoms with van der Waals surface area (Å²) in [6.45, 7) is 19.6. The maximum Gasteiger partial charge on any atom is 0.192 e. The Morgan fingerprint density at radius 3 is 1.14 bits per heavy atom. The molecule has 0 amide bonds. The third kappa shape index (κ3) is 4.51. The first-order chi connectivity index (χ1) is 16.5. The van der Waals surface area contributed by atoms with Crippen LogP contribution in [-0.4, -0.2) is 0 Å². The van der Waals surface area contributed by atoms with Gasteiger partial charge in [0.15, 0.2) is 8.46 Å². The SMILES string of the molecule is Cc1cc(C)c(-c2ccc(P=O)c(-c3c(C)cc(C)cc3C)c2-c2c(C)cc(C)cc2C)c(C)c1. The predicted octanol–water partition coefficient (Wildman–Crippen LogP) is 9.38. The van der Waals surface area contributed by atoms with Crippen molar-refractivity contribution in [1.29, 1.82) is 0 Å². The molecule has 0 bridgehead atoms. The molecule has 0 aromatic heterocycles. The summed E-state index contributed by atoms with van der Waals surface area (Å²) in [5, 5.41) is 0.834. The fourth-order valence-electron chi connectivity index (χ4n) is 6.14. The van der Waals surface area contributed by atoms with Gasteiger partial charge in [0.1, 0.15) is 0 Å². The van der Waals surface area contributed by atoms with Crippen LogP contribution in [0.3, 0.4) is 0 Å². The molecule has 0 heterocycles. The van der Waals surface area contributed by atoms with Crippen molar-refractivity contribution in [2.45, 2.75) is 62.3 Å². The predicted molar refractivity (Wildman–Crippen MR) is 153 cm³/mol. The summed E-state index contributed by atoms with van der Waals surface area (Å²) in [6, 6.07) is 17.8. The summed E-state index contributed by atoms with van der Waals surface area (Å²) >= 11 is 0. The zero-order valence-electron chi connectivity index (χ0n) is 22.5. The van der Waals surface area contributed by atoms with Gasteiger partial charge in [-0.05, 0) is 130 Å². The second-order valence-corrected chi connectivity index (χ2v) is 11.0. The second-order valence-electron chi connectivity index (χ2n) is 10.3. The lowest BCUT2D eigenvalue weighted by Crippen LogP contribution is -2.08. The Bertz CT molecular complexity index is 1420. The van der Waals surface area contributed by atoms with Crippen LogP contribution < -0.4 is 5.30 Å². The molecule has 0 fully saturated rings. The molecule has 0 unspecified atom stereocenters. The first-order valence-corrected chi connectivity index (χ1v) is 13.1. The van der Waals surface area contributed by atoms with E-state index in [9.17, 15) is 4.57 Å². The van der Waals surface area contributed by atoms with Crippen molar-refractivity contribution in [3.63, 3.8) is 0 Å². The maximum absolute atomic E-state index is 12.6. The van der Waals surface area contributed by atoms with Gasteiger partial charge in [0.25, 0.3) is 0 Å². The van der Waals surface area contributed by atoms with E-state index in [-0.39, 0.29) is 8.46 Å². The Kier molecular flexibility index (Phi) is 6.85. The molecule has 1 nitrogen and oxygen atoms in total. The highest BCUT2D eigenvalue weighted by atomic mass is 31.1. The molecule has 0 aliphatic carbocycles. The Morgan fingerprint density at radius 2 is 0.771 bits per heavy atom. The number of rotatable bonds is 4. The minimum atomic E-state index is 0.0369. The molecule has 0 saturated carbocycles. The zero-order chi connectivity index (χ0) is 25.6. The van der Waals surface area contributed by atoms with E-state index in [0.717, 1.165) is 10.9 Å².